The first kappa shape index (κ1) is 8.54. The number of nitrogens with one attached hydrogen (secondary N) is 1. The van der Waals surface area contributed by atoms with Crippen LogP contribution in [0.5, 0.6) is 0 Å². The van der Waals surface area contributed by atoms with Crippen LogP contribution in [0, 0.1) is 6.92 Å². The van der Waals surface area contributed by atoms with Crippen LogP contribution in [0.3, 0.4) is 0 Å². The predicted molar refractivity (Wildman–Crippen MR) is 52.2 cm³/mol. The van der Waals surface area contributed by atoms with Crippen LogP contribution in [0.1, 0.15) is 47.1 Å². The highest BCUT2D eigenvalue weighted by Gasteiger charge is 2.22. The highest BCUT2D eigenvalue weighted by atomic mass is 16.1. The number of H-pyrrole nitrogens is 1. The van der Waals surface area contributed by atoms with Gasteiger partial charge in [-0.15, -0.1) is 0 Å². The van der Waals surface area contributed by atoms with Gasteiger partial charge in [0.25, 0.3) is 0 Å². The van der Waals surface area contributed by atoms with Crippen LogP contribution in [0.15, 0.2) is 0 Å². The van der Waals surface area contributed by atoms with Crippen LogP contribution < -0.4 is 0 Å². The number of fused-ring (bicyclic) bond motifs is 1. The minimum absolute atomic E-state index is 0.328. The maximum atomic E-state index is 11.6. The molecule has 70 valence electrons. The molecule has 13 heavy (non-hydrogen) atoms. The Balaban J connectivity index is 2.55. The molecular formula is C11H15NO. The molecule has 2 nitrogen and oxygen atoms in total. The summed E-state index contributed by atoms with van der Waals surface area (Å²) in [6.07, 6.45) is 3.78. The van der Waals surface area contributed by atoms with E-state index in [0.717, 1.165) is 31.2 Å². The minimum Gasteiger partial charge on any atom is -0.361 e. The number of ketones is 1. The lowest BCUT2D eigenvalue weighted by atomic mass is 9.93. The molecule has 0 bridgehead atoms. The number of Topliss-reactive ketones (excluding diaryl/α,β-unsaturated/α-hetero) is 1. The zero-order valence-corrected chi connectivity index (χ0v) is 8.24. The van der Waals surface area contributed by atoms with Crippen molar-refractivity contribution in [3.05, 3.63) is 22.5 Å². The van der Waals surface area contributed by atoms with Gasteiger partial charge in [0.1, 0.15) is 0 Å². The number of rotatable bonds is 1. The Hall–Kier alpha value is -1.05. The molecule has 2 rings (SSSR count). The molecule has 1 aromatic heterocycles. The predicted octanol–water partition coefficient (Wildman–Crippen LogP) is 2.40. The number of carbonyl (C=O) groups is 1. The molecule has 0 aliphatic heterocycles. The number of hydrogen-bond donors (Lipinski definition) is 1. The first-order valence-electron chi connectivity index (χ1n) is 4.97. The molecule has 1 heterocycles. The molecule has 0 atom stereocenters. The Bertz CT molecular complexity index is 349. The Kier molecular flexibility index (Phi) is 1.98. The third-order valence-corrected chi connectivity index (χ3v) is 2.89. The SMILES string of the molecule is CCc1[nH]c2c(c1C)C(=O)CCC2. The average Bonchev–Trinajstić information content (AvgIpc) is 2.44. The van der Waals surface area contributed by atoms with Crippen LogP contribution in [0.25, 0.3) is 0 Å². The number of hydrogen-bond acceptors (Lipinski definition) is 1. The second-order valence-corrected chi connectivity index (χ2v) is 3.71. The van der Waals surface area contributed by atoms with E-state index in [2.05, 4.69) is 18.8 Å². The summed E-state index contributed by atoms with van der Waals surface area (Å²) >= 11 is 0. The maximum absolute atomic E-state index is 11.6. The number of aromatic nitrogens is 1. The van der Waals surface area contributed by atoms with E-state index in [-0.39, 0.29) is 0 Å². The molecule has 1 aromatic rings. The summed E-state index contributed by atoms with van der Waals surface area (Å²) in [4.78, 5) is 15.0. The molecule has 1 aliphatic carbocycles. The molecular weight excluding hydrogens is 162 g/mol. The zero-order chi connectivity index (χ0) is 9.42. The van der Waals surface area contributed by atoms with Crippen molar-refractivity contribution in [3.63, 3.8) is 0 Å². The number of aromatic amines is 1. The molecule has 0 fully saturated rings. The molecule has 0 saturated carbocycles. The van der Waals surface area contributed by atoms with Crippen LogP contribution in [0.4, 0.5) is 0 Å². The maximum Gasteiger partial charge on any atom is 0.164 e. The van der Waals surface area contributed by atoms with Gasteiger partial charge in [-0.1, -0.05) is 6.92 Å². The van der Waals surface area contributed by atoms with Gasteiger partial charge in [-0.05, 0) is 31.7 Å². The van der Waals surface area contributed by atoms with Crippen molar-refractivity contribution in [2.24, 2.45) is 0 Å². The van der Waals surface area contributed by atoms with E-state index >= 15 is 0 Å². The van der Waals surface area contributed by atoms with Crippen LogP contribution in [-0.2, 0) is 12.8 Å². The lowest BCUT2D eigenvalue weighted by molar-refractivity contribution is 0.0972. The molecule has 0 radical (unpaired) electrons. The lowest BCUT2D eigenvalue weighted by Crippen LogP contribution is -2.09. The summed E-state index contributed by atoms with van der Waals surface area (Å²) in [7, 11) is 0. The lowest BCUT2D eigenvalue weighted by Gasteiger charge is -2.09. The highest BCUT2D eigenvalue weighted by Crippen LogP contribution is 2.26. The molecule has 0 aromatic carbocycles. The average molecular weight is 177 g/mol. The standard InChI is InChI=1S/C11H15NO/c1-3-8-7(2)11-9(12-8)5-4-6-10(11)13/h12H,3-6H2,1-2H3. The second-order valence-electron chi connectivity index (χ2n) is 3.71. The minimum atomic E-state index is 0.328. The summed E-state index contributed by atoms with van der Waals surface area (Å²) in [6.45, 7) is 4.17. The van der Waals surface area contributed by atoms with Gasteiger partial charge in [0.15, 0.2) is 5.78 Å². The van der Waals surface area contributed by atoms with Crippen LogP contribution in [0.2, 0.25) is 0 Å². The van der Waals surface area contributed by atoms with E-state index in [1.807, 2.05) is 0 Å². The molecule has 1 N–H and O–H groups in total. The van der Waals surface area contributed by atoms with Crippen molar-refractivity contribution in [2.45, 2.75) is 39.5 Å². The Morgan fingerprint density at radius 1 is 1.38 bits per heavy atom. The topological polar surface area (TPSA) is 32.9 Å². The molecule has 0 unspecified atom stereocenters. The molecule has 0 saturated heterocycles. The molecule has 2 heteroatoms. The van der Waals surface area contributed by atoms with Crippen molar-refractivity contribution in [2.75, 3.05) is 0 Å². The van der Waals surface area contributed by atoms with Gasteiger partial charge in [-0.3, -0.25) is 4.79 Å². The fourth-order valence-corrected chi connectivity index (χ4v) is 2.18. The van der Waals surface area contributed by atoms with Gasteiger partial charge in [-0.25, -0.2) is 0 Å². The quantitative estimate of drug-likeness (QED) is 0.702. The molecule has 0 spiro atoms. The van der Waals surface area contributed by atoms with E-state index in [1.54, 1.807) is 0 Å². The van der Waals surface area contributed by atoms with Crippen molar-refractivity contribution in [1.82, 2.24) is 4.98 Å². The Labute approximate surface area is 78.4 Å². The normalized spacial score (nSPS) is 16.0. The highest BCUT2D eigenvalue weighted by molar-refractivity contribution is 5.99. The summed E-state index contributed by atoms with van der Waals surface area (Å²) < 4.78 is 0. The van der Waals surface area contributed by atoms with Crippen molar-refractivity contribution in [3.8, 4) is 0 Å². The van der Waals surface area contributed by atoms with E-state index in [0.29, 0.717) is 5.78 Å². The van der Waals surface area contributed by atoms with E-state index < -0.39 is 0 Å². The fourth-order valence-electron chi connectivity index (χ4n) is 2.18. The van der Waals surface area contributed by atoms with Crippen molar-refractivity contribution in [1.29, 1.82) is 0 Å². The largest absolute Gasteiger partial charge is 0.361 e. The summed E-state index contributed by atoms with van der Waals surface area (Å²) in [5.41, 5.74) is 4.58. The Morgan fingerprint density at radius 2 is 2.15 bits per heavy atom. The van der Waals surface area contributed by atoms with E-state index in [4.69, 9.17) is 0 Å². The number of aryl methyl sites for hydroxylation is 2. The smallest absolute Gasteiger partial charge is 0.164 e. The van der Waals surface area contributed by atoms with Gasteiger partial charge in [0.2, 0.25) is 0 Å². The Morgan fingerprint density at radius 3 is 2.77 bits per heavy atom. The van der Waals surface area contributed by atoms with Crippen LogP contribution >= 0.6 is 0 Å². The third kappa shape index (κ3) is 1.21. The van der Waals surface area contributed by atoms with Crippen molar-refractivity contribution >= 4 is 5.78 Å². The number of carbonyl (C=O) groups excluding carboxylic acids is 1. The zero-order valence-electron chi connectivity index (χ0n) is 8.24. The van der Waals surface area contributed by atoms with Gasteiger partial charge in [0, 0.05) is 23.4 Å². The van der Waals surface area contributed by atoms with E-state index in [9.17, 15) is 4.79 Å². The van der Waals surface area contributed by atoms with Crippen molar-refractivity contribution < 1.29 is 4.79 Å². The van der Waals surface area contributed by atoms with Crippen LogP contribution in [-0.4, -0.2) is 10.8 Å². The first-order chi connectivity index (χ1) is 6.24. The summed E-state index contributed by atoms with van der Waals surface area (Å²) in [5, 5.41) is 0. The molecule has 1 aliphatic rings. The third-order valence-electron chi connectivity index (χ3n) is 2.89. The first-order valence-corrected chi connectivity index (χ1v) is 4.97. The van der Waals surface area contributed by atoms with Gasteiger partial charge in [-0.2, -0.15) is 0 Å². The monoisotopic (exact) mass is 177 g/mol. The summed E-state index contributed by atoms with van der Waals surface area (Å²) in [6, 6.07) is 0. The van der Waals surface area contributed by atoms with Gasteiger partial charge < -0.3 is 4.98 Å². The van der Waals surface area contributed by atoms with E-state index in [1.165, 1.54) is 17.0 Å². The summed E-state index contributed by atoms with van der Waals surface area (Å²) in [5.74, 6) is 0.328. The van der Waals surface area contributed by atoms with Gasteiger partial charge in [0.05, 0.1) is 0 Å². The molecule has 0 amide bonds. The fraction of sp³-hybridized carbons (Fsp3) is 0.545. The second kappa shape index (κ2) is 3.02. The van der Waals surface area contributed by atoms with Gasteiger partial charge >= 0.3 is 0 Å².